The Morgan fingerprint density at radius 3 is 2.28 bits per heavy atom. The van der Waals surface area contributed by atoms with Crippen molar-refractivity contribution in [2.24, 2.45) is 11.7 Å². The summed E-state index contributed by atoms with van der Waals surface area (Å²) in [4.78, 5) is 0. The Bertz CT molecular complexity index is 337. The first-order chi connectivity index (χ1) is 8.47. The van der Waals surface area contributed by atoms with Gasteiger partial charge in [0.15, 0.2) is 0 Å². The van der Waals surface area contributed by atoms with Crippen molar-refractivity contribution in [2.75, 3.05) is 26.2 Å². The maximum absolute atomic E-state index is 12.5. The zero-order chi connectivity index (χ0) is 13.8. The summed E-state index contributed by atoms with van der Waals surface area (Å²) in [6.07, 6.45) is 2.61. The molecule has 1 aliphatic rings. The van der Waals surface area contributed by atoms with Gasteiger partial charge in [-0.2, -0.15) is 17.0 Å². The van der Waals surface area contributed by atoms with E-state index in [0.717, 1.165) is 19.3 Å². The first kappa shape index (κ1) is 15.9. The molecule has 6 heteroatoms. The minimum atomic E-state index is -3.29. The summed E-state index contributed by atoms with van der Waals surface area (Å²) in [6.45, 7) is 8.30. The van der Waals surface area contributed by atoms with Crippen LogP contribution in [0.1, 0.15) is 40.0 Å². The van der Waals surface area contributed by atoms with E-state index in [1.165, 1.54) is 0 Å². The smallest absolute Gasteiger partial charge is 0.282 e. The van der Waals surface area contributed by atoms with Crippen molar-refractivity contribution >= 4 is 10.2 Å². The van der Waals surface area contributed by atoms with Crippen molar-refractivity contribution in [1.82, 2.24) is 8.61 Å². The molecule has 18 heavy (non-hydrogen) atoms. The second-order valence-electron chi connectivity index (χ2n) is 5.05. The molecule has 0 aliphatic carbocycles. The number of hydrogen-bond donors (Lipinski definition) is 1. The molecular formula is C12H27N3O2S. The van der Waals surface area contributed by atoms with Gasteiger partial charge in [0.1, 0.15) is 0 Å². The van der Waals surface area contributed by atoms with Crippen LogP contribution >= 0.6 is 0 Å². The Kier molecular flexibility index (Phi) is 6.04. The predicted molar refractivity (Wildman–Crippen MR) is 74.4 cm³/mol. The molecule has 108 valence electrons. The maximum Gasteiger partial charge on any atom is 0.282 e. The van der Waals surface area contributed by atoms with Gasteiger partial charge in [0.05, 0.1) is 0 Å². The summed E-state index contributed by atoms with van der Waals surface area (Å²) < 4.78 is 28.3. The molecule has 0 spiro atoms. The first-order valence-corrected chi connectivity index (χ1v) is 8.34. The lowest BCUT2D eigenvalue weighted by atomic mass is 9.99. The highest BCUT2D eigenvalue weighted by Gasteiger charge is 2.33. The van der Waals surface area contributed by atoms with E-state index in [-0.39, 0.29) is 6.04 Å². The van der Waals surface area contributed by atoms with Gasteiger partial charge < -0.3 is 5.73 Å². The van der Waals surface area contributed by atoms with E-state index >= 15 is 0 Å². The number of nitrogens with two attached hydrogens (primary N) is 1. The molecule has 0 bridgehead atoms. The lowest BCUT2D eigenvalue weighted by molar-refractivity contribution is 0.244. The van der Waals surface area contributed by atoms with Crippen molar-refractivity contribution in [2.45, 2.75) is 46.1 Å². The van der Waals surface area contributed by atoms with E-state index in [4.69, 9.17) is 5.73 Å². The topological polar surface area (TPSA) is 66.6 Å². The van der Waals surface area contributed by atoms with Gasteiger partial charge in [0, 0.05) is 25.7 Å². The number of hydrogen-bond acceptors (Lipinski definition) is 3. The fraction of sp³-hybridized carbons (Fsp3) is 1.00. The minimum absolute atomic E-state index is 0.0623. The standard InChI is InChI=1S/C12H27N3O2S/c1-4-11(3)15(5-2)18(16,17)14-8-6-12(10-13)7-9-14/h11-12H,4-10,13H2,1-3H3. The second kappa shape index (κ2) is 6.84. The highest BCUT2D eigenvalue weighted by atomic mass is 32.2. The molecule has 0 amide bonds. The molecule has 1 heterocycles. The molecule has 1 fully saturated rings. The summed E-state index contributed by atoms with van der Waals surface area (Å²) in [7, 11) is -3.29. The van der Waals surface area contributed by atoms with E-state index in [1.807, 2.05) is 20.8 Å². The average Bonchev–Trinajstić information content (AvgIpc) is 2.39. The van der Waals surface area contributed by atoms with Crippen LogP contribution in [0.25, 0.3) is 0 Å². The monoisotopic (exact) mass is 277 g/mol. The third kappa shape index (κ3) is 3.44. The van der Waals surface area contributed by atoms with Gasteiger partial charge >= 0.3 is 0 Å². The van der Waals surface area contributed by atoms with Crippen LogP contribution in [-0.2, 0) is 10.2 Å². The Labute approximate surface area is 112 Å². The summed E-state index contributed by atoms with van der Waals surface area (Å²) in [5, 5.41) is 0. The molecular weight excluding hydrogens is 250 g/mol. The number of nitrogens with zero attached hydrogens (tertiary/aromatic N) is 2. The van der Waals surface area contributed by atoms with Crippen LogP contribution < -0.4 is 5.73 Å². The van der Waals surface area contributed by atoms with Crippen LogP contribution in [-0.4, -0.2) is 49.2 Å². The highest BCUT2D eigenvalue weighted by molar-refractivity contribution is 7.86. The maximum atomic E-state index is 12.5. The zero-order valence-electron chi connectivity index (χ0n) is 11.8. The molecule has 0 aromatic carbocycles. The van der Waals surface area contributed by atoms with Gasteiger partial charge in [0.25, 0.3) is 10.2 Å². The van der Waals surface area contributed by atoms with Gasteiger partial charge in [-0.05, 0) is 38.6 Å². The summed E-state index contributed by atoms with van der Waals surface area (Å²) in [6, 6.07) is 0.0623. The number of rotatable bonds is 6. The largest absolute Gasteiger partial charge is 0.330 e. The van der Waals surface area contributed by atoms with E-state index in [1.54, 1.807) is 8.61 Å². The quantitative estimate of drug-likeness (QED) is 0.788. The second-order valence-corrected chi connectivity index (χ2v) is 6.93. The average molecular weight is 277 g/mol. The third-order valence-corrected chi connectivity index (χ3v) is 6.15. The molecule has 1 aliphatic heterocycles. The van der Waals surface area contributed by atoms with Gasteiger partial charge in [0.2, 0.25) is 0 Å². The summed E-state index contributed by atoms with van der Waals surface area (Å²) >= 11 is 0. The Morgan fingerprint density at radius 2 is 1.89 bits per heavy atom. The third-order valence-electron chi connectivity index (χ3n) is 3.92. The van der Waals surface area contributed by atoms with Crippen LogP contribution in [0.4, 0.5) is 0 Å². The lowest BCUT2D eigenvalue weighted by Crippen LogP contribution is -2.50. The Balaban J connectivity index is 2.74. The van der Waals surface area contributed by atoms with Crippen molar-refractivity contribution < 1.29 is 8.42 Å². The van der Waals surface area contributed by atoms with Crippen LogP contribution in [0.2, 0.25) is 0 Å². The van der Waals surface area contributed by atoms with Crippen LogP contribution in [0.3, 0.4) is 0 Å². The SMILES string of the molecule is CCC(C)N(CC)S(=O)(=O)N1CCC(CN)CC1. The molecule has 0 saturated carbocycles. The van der Waals surface area contributed by atoms with Gasteiger partial charge in [-0.3, -0.25) is 0 Å². The fourth-order valence-corrected chi connectivity index (χ4v) is 4.33. The molecule has 2 N–H and O–H groups in total. The van der Waals surface area contributed by atoms with E-state index in [0.29, 0.717) is 32.1 Å². The molecule has 1 saturated heterocycles. The van der Waals surface area contributed by atoms with E-state index in [2.05, 4.69) is 0 Å². The number of piperidine rings is 1. The normalized spacial score (nSPS) is 21.4. The molecule has 1 rings (SSSR count). The molecule has 0 aromatic rings. The zero-order valence-corrected chi connectivity index (χ0v) is 12.6. The van der Waals surface area contributed by atoms with Crippen molar-refractivity contribution in [3.05, 3.63) is 0 Å². The van der Waals surface area contributed by atoms with Gasteiger partial charge in [-0.25, -0.2) is 0 Å². The van der Waals surface area contributed by atoms with Gasteiger partial charge in [-0.1, -0.05) is 13.8 Å². The van der Waals surface area contributed by atoms with Crippen molar-refractivity contribution in [3.63, 3.8) is 0 Å². The molecule has 0 aromatic heterocycles. The van der Waals surface area contributed by atoms with Crippen molar-refractivity contribution in [1.29, 1.82) is 0 Å². The van der Waals surface area contributed by atoms with E-state index in [9.17, 15) is 8.42 Å². The first-order valence-electron chi connectivity index (χ1n) is 6.94. The Morgan fingerprint density at radius 1 is 1.33 bits per heavy atom. The van der Waals surface area contributed by atoms with Gasteiger partial charge in [-0.15, -0.1) is 0 Å². The summed E-state index contributed by atoms with van der Waals surface area (Å²) in [5.41, 5.74) is 5.64. The minimum Gasteiger partial charge on any atom is -0.330 e. The lowest BCUT2D eigenvalue weighted by Gasteiger charge is -2.36. The molecule has 1 atom stereocenters. The summed E-state index contributed by atoms with van der Waals surface area (Å²) in [5.74, 6) is 0.482. The Hall–Kier alpha value is -0.170. The van der Waals surface area contributed by atoms with Crippen LogP contribution in [0.15, 0.2) is 0 Å². The van der Waals surface area contributed by atoms with E-state index < -0.39 is 10.2 Å². The molecule has 0 radical (unpaired) electrons. The predicted octanol–water partition coefficient (Wildman–Crippen LogP) is 1.02. The highest BCUT2D eigenvalue weighted by Crippen LogP contribution is 2.22. The van der Waals surface area contributed by atoms with Crippen molar-refractivity contribution in [3.8, 4) is 0 Å². The van der Waals surface area contributed by atoms with Crippen LogP contribution in [0, 0.1) is 5.92 Å². The molecule has 5 nitrogen and oxygen atoms in total. The van der Waals surface area contributed by atoms with Crippen LogP contribution in [0.5, 0.6) is 0 Å². The fourth-order valence-electron chi connectivity index (χ4n) is 2.43. The molecule has 1 unspecified atom stereocenters.